The number of hydrogen-bond donors (Lipinski definition) is 1. The van der Waals surface area contributed by atoms with Gasteiger partial charge in [-0.3, -0.25) is 4.79 Å². The highest BCUT2D eigenvalue weighted by Gasteiger charge is 2.62. The first kappa shape index (κ1) is 14.3. The van der Waals surface area contributed by atoms with Crippen LogP contribution in [0.1, 0.15) is 12.1 Å². The van der Waals surface area contributed by atoms with E-state index in [0.29, 0.717) is 5.69 Å². The first-order chi connectivity index (χ1) is 8.87. The number of aromatic nitrogens is 1. The highest BCUT2D eigenvalue weighted by atomic mass is 32.1. The van der Waals surface area contributed by atoms with E-state index in [0.717, 1.165) is 4.90 Å². The molecule has 1 atom stereocenters. The molecule has 106 valence electrons. The van der Waals surface area contributed by atoms with E-state index in [2.05, 4.69) is 10.3 Å². The second kappa shape index (κ2) is 5.09. The minimum atomic E-state index is -4.54. The Morgan fingerprint density at radius 3 is 2.84 bits per heavy atom. The Bertz CT molecular complexity index is 441. The zero-order chi connectivity index (χ0) is 14.1. The Morgan fingerprint density at radius 1 is 1.63 bits per heavy atom. The summed E-state index contributed by atoms with van der Waals surface area (Å²) < 4.78 is 39.6. The van der Waals surface area contributed by atoms with Gasteiger partial charge in [-0.25, -0.2) is 4.98 Å². The number of rotatable bonds is 3. The summed E-state index contributed by atoms with van der Waals surface area (Å²) in [6, 6.07) is 0. The van der Waals surface area contributed by atoms with Crippen molar-refractivity contribution in [2.24, 2.45) is 5.41 Å². The molecule has 1 saturated heterocycles. The standard InChI is InChI=1S/C11H14F3N3OS/c1-17(4-8-5-19-7-16-8)9(18)10(11(12,13)14)2-3-15-6-10/h5,7,15H,2-4,6H2,1H3. The summed E-state index contributed by atoms with van der Waals surface area (Å²) >= 11 is 1.35. The normalized spacial score (nSPS) is 23.6. The number of thiazole rings is 1. The molecule has 1 aliphatic rings. The Labute approximate surface area is 112 Å². The van der Waals surface area contributed by atoms with Crippen molar-refractivity contribution in [3.63, 3.8) is 0 Å². The van der Waals surface area contributed by atoms with Gasteiger partial charge in [0.05, 0.1) is 17.7 Å². The van der Waals surface area contributed by atoms with Gasteiger partial charge in [0, 0.05) is 19.0 Å². The summed E-state index contributed by atoms with van der Waals surface area (Å²) in [7, 11) is 1.38. The summed E-state index contributed by atoms with van der Waals surface area (Å²) in [6.07, 6.45) is -4.75. The van der Waals surface area contributed by atoms with E-state index in [1.807, 2.05) is 0 Å². The van der Waals surface area contributed by atoms with Crippen molar-refractivity contribution in [2.75, 3.05) is 20.1 Å². The fraction of sp³-hybridized carbons (Fsp3) is 0.636. The SMILES string of the molecule is CN(Cc1cscn1)C(=O)C1(C(F)(F)F)CCNC1. The molecule has 1 fully saturated rings. The Kier molecular flexibility index (Phi) is 3.82. The average molecular weight is 293 g/mol. The van der Waals surface area contributed by atoms with Gasteiger partial charge in [0.2, 0.25) is 5.91 Å². The van der Waals surface area contributed by atoms with Crippen LogP contribution in [0, 0.1) is 5.41 Å². The Morgan fingerprint density at radius 2 is 2.37 bits per heavy atom. The summed E-state index contributed by atoms with van der Waals surface area (Å²) in [5.74, 6) is -0.891. The molecule has 0 aromatic carbocycles. The second-order valence-corrected chi connectivity index (χ2v) is 5.37. The molecule has 1 aromatic rings. The minimum Gasteiger partial charge on any atom is -0.339 e. The van der Waals surface area contributed by atoms with Gasteiger partial charge in [-0.15, -0.1) is 11.3 Å². The molecule has 1 N–H and O–H groups in total. The third-order valence-corrected chi connectivity index (χ3v) is 3.97. The van der Waals surface area contributed by atoms with Crippen molar-refractivity contribution in [1.29, 1.82) is 0 Å². The molecule has 0 radical (unpaired) electrons. The van der Waals surface area contributed by atoms with E-state index in [4.69, 9.17) is 0 Å². The van der Waals surface area contributed by atoms with Crippen molar-refractivity contribution in [3.05, 3.63) is 16.6 Å². The fourth-order valence-corrected chi connectivity index (χ4v) is 2.78. The fourth-order valence-electron chi connectivity index (χ4n) is 2.23. The molecule has 0 spiro atoms. The molecule has 1 unspecified atom stereocenters. The number of nitrogens with zero attached hydrogens (tertiary/aromatic N) is 2. The summed E-state index contributed by atoms with van der Waals surface area (Å²) in [5.41, 5.74) is -0.105. The van der Waals surface area contributed by atoms with Crippen LogP contribution in [0.5, 0.6) is 0 Å². The van der Waals surface area contributed by atoms with Gasteiger partial charge >= 0.3 is 6.18 Å². The van der Waals surface area contributed by atoms with Crippen LogP contribution in [0.3, 0.4) is 0 Å². The predicted octanol–water partition coefficient (Wildman–Crippen LogP) is 1.64. The molecule has 8 heteroatoms. The van der Waals surface area contributed by atoms with Crippen LogP contribution in [0.2, 0.25) is 0 Å². The van der Waals surface area contributed by atoms with Gasteiger partial charge in [0.1, 0.15) is 0 Å². The number of nitrogens with one attached hydrogen (secondary N) is 1. The van der Waals surface area contributed by atoms with E-state index in [9.17, 15) is 18.0 Å². The summed E-state index contributed by atoms with van der Waals surface area (Å²) in [4.78, 5) is 17.3. The van der Waals surface area contributed by atoms with E-state index in [1.54, 1.807) is 10.9 Å². The lowest BCUT2D eigenvalue weighted by molar-refractivity contribution is -0.221. The van der Waals surface area contributed by atoms with E-state index >= 15 is 0 Å². The zero-order valence-electron chi connectivity index (χ0n) is 10.3. The molecule has 19 heavy (non-hydrogen) atoms. The number of carbonyl (C=O) groups is 1. The number of amides is 1. The number of carbonyl (C=O) groups excluding carboxylic acids is 1. The van der Waals surface area contributed by atoms with Gasteiger partial charge in [0.15, 0.2) is 5.41 Å². The number of alkyl halides is 3. The van der Waals surface area contributed by atoms with Gasteiger partial charge in [-0.2, -0.15) is 13.2 Å². The Balaban J connectivity index is 2.16. The van der Waals surface area contributed by atoms with Gasteiger partial charge in [0.25, 0.3) is 0 Å². The molecule has 1 aromatic heterocycles. The van der Waals surface area contributed by atoms with E-state index in [-0.39, 0.29) is 26.1 Å². The number of halogens is 3. The van der Waals surface area contributed by atoms with Gasteiger partial charge < -0.3 is 10.2 Å². The van der Waals surface area contributed by atoms with Crippen molar-refractivity contribution in [2.45, 2.75) is 19.1 Å². The highest BCUT2D eigenvalue weighted by Crippen LogP contribution is 2.44. The molecular weight excluding hydrogens is 279 g/mol. The monoisotopic (exact) mass is 293 g/mol. The number of hydrogen-bond acceptors (Lipinski definition) is 4. The maximum atomic E-state index is 13.2. The van der Waals surface area contributed by atoms with Crippen LogP contribution in [-0.4, -0.2) is 42.1 Å². The molecule has 1 amide bonds. The Hall–Kier alpha value is -1.15. The molecule has 2 rings (SSSR count). The maximum Gasteiger partial charge on any atom is 0.404 e. The maximum absolute atomic E-state index is 13.2. The van der Waals surface area contributed by atoms with Crippen molar-refractivity contribution >= 4 is 17.2 Å². The molecular formula is C11H14F3N3OS. The minimum absolute atomic E-state index is 0.0974. The quantitative estimate of drug-likeness (QED) is 0.921. The summed E-state index contributed by atoms with van der Waals surface area (Å²) in [6.45, 7) is -0.0489. The first-order valence-corrected chi connectivity index (χ1v) is 6.71. The molecule has 4 nitrogen and oxygen atoms in total. The smallest absolute Gasteiger partial charge is 0.339 e. The first-order valence-electron chi connectivity index (χ1n) is 5.77. The van der Waals surface area contributed by atoms with Crippen LogP contribution in [0.25, 0.3) is 0 Å². The van der Waals surface area contributed by atoms with Gasteiger partial charge in [-0.1, -0.05) is 0 Å². The lowest BCUT2D eigenvalue weighted by Gasteiger charge is -2.33. The second-order valence-electron chi connectivity index (χ2n) is 4.65. The third kappa shape index (κ3) is 2.59. The van der Waals surface area contributed by atoms with Crippen molar-refractivity contribution in [1.82, 2.24) is 15.2 Å². The largest absolute Gasteiger partial charge is 0.404 e. The van der Waals surface area contributed by atoms with Crippen LogP contribution in [0.4, 0.5) is 13.2 Å². The van der Waals surface area contributed by atoms with Crippen LogP contribution in [-0.2, 0) is 11.3 Å². The molecule has 1 aliphatic heterocycles. The van der Waals surface area contributed by atoms with Crippen molar-refractivity contribution in [3.8, 4) is 0 Å². The predicted molar refractivity (Wildman–Crippen MR) is 64.6 cm³/mol. The highest BCUT2D eigenvalue weighted by molar-refractivity contribution is 7.07. The zero-order valence-corrected chi connectivity index (χ0v) is 11.1. The van der Waals surface area contributed by atoms with E-state index in [1.165, 1.54) is 18.4 Å². The lowest BCUT2D eigenvalue weighted by Crippen LogP contribution is -2.52. The summed E-state index contributed by atoms with van der Waals surface area (Å²) in [5, 5.41) is 4.35. The van der Waals surface area contributed by atoms with Crippen LogP contribution in [0.15, 0.2) is 10.9 Å². The topological polar surface area (TPSA) is 45.2 Å². The molecule has 0 bridgehead atoms. The van der Waals surface area contributed by atoms with E-state index < -0.39 is 17.5 Å². The van der Waals surface area contributed by atoms with Crippen LogP contribution < -0.4 is 5.32 Å². The molecule has 0 saturated carbocycles. The third-order valence-electron chi connectivity index (χ3n) is 3.34. The van der Waals surface area contributed by atoms with Crippen molar-refractivity contribution < 1.29 is 18.0 Å². The van der Waals surface area contributed by atoms with Crippen LogP contribution >= 0.6 is 11.3 Å². The molecule has 0 aliphatic carbocycles. The molecule has 2 heterocycles. The average Bonchev–Trinajstić information content (AvgIpc) is 2.97. The van der Waals surface area contributed by atoms with Gasteiger partial charge in [-0.05, 0) is 13.0 Å². The lowest BCUT2D eigenvalue weighted by atomic mass is 9.84.